The molecule has 0 amide bonds. The smallest absolute Gasteiger partial charge is 0.292 e. The Balaban J connectivity index is 2.24. The standard InChI is InChI=1S/C13H14ClN3O2S/c1-3-10-7-15-13(20-10)8(2)16-11-6-9(14)4-5-12(11)17(18)19/h4-8,16H,3H2,1-2H3. The van der Waals surface area contributed by atoms with Crippen molar-refractivity contribution in [3.63, 3.8) is 0 Å². The second-order valence-corrected chi connectivity index (χ2v) is 5.89. The van der Waals surface area contributed by atoms with Crippen molar-refractivity contribution in [3.8, 4) is 0 Å². The van der Waals surface area contributed by atoms with Crippen LogP contribution in [0.15, 0.2) is 24.4 Å². The molecule has 0 fully saturated rings. The maximum atomic E-state index is 11.0. The summed E-state index contributed by atoms with van der Waals surface area (Å²) in [6.45, 7) is 3.99. The van der Waals surface area contributed by atoms with Gasteiger partial charge in [-0.3, -0.25) is 10.1 Å². The molecule has 1 unspecified atom stereocenters. The van der Waals surface area contributed by atoms with Gasteiger partial charge in [0.25, 0.3) is 5.69 Å². The molecule has 0 aliphatic rings. The largest absolute Gasteiger partial charge is 0.370 e. The average Bonchev–Trinajstić information content (AvgIpc) is 2.87. The zero-order valence-electron chi connectivity index (χ0n) is 11.1. The van der Waals surface area contributed by atoms with Crippen LogP contribution >= 0.6 is 22.9 Å². The summed E-state index contributed by atoms with van der Waals surface area (Å²) in [7, 11) is 0. The lowest BCUT2D eigenvalue weighted by atomic mass is 10.2. The predicted octanol–water partition coefficient (Wildman–Crippen LogP) is 4.44. The molecule has 0 radical (unpaired) electrons. The van der Waals surface area contributed by atoms with E-state index in [9.17, 15) is 10.1 Å². The van der Waals surface area contributed by atoms with Crippen LogP contribution in [0.5, 0.6) is 0 Å². The van der Waals surface area contributed by atoms with E-state index in [4.69, 9.17) is 11.6 Å². The van der Waals surface area contributed by atoms with Gasteiger partial charge in [0.15, 0.2) is 0 Å². The first kappa shape index (κ1) is 14.7. The second kappa shape index (κ2) is 6.19. The SMILES string of the molecule is CCc1cnc(C(C)Nc2cc(Cl)ccc2[N+](=O)[O-])s1. The number of aromatic nitrogens is 1. The van der Waals surface area contributed by atoms with Crippen LogP contribution in [0.3, 0.4) is 0 Å². The normalized spacial score (nSPS) is 12.2. The fourth-order valence-corrected chi connectivity index (χ4v) is 2.80. The van der Waals surface area contributed by atoms with Crippen LogP contribution < -0.4 is 5.32 Å². The van der Waals surface area contributed by atoms with Gasteiger partial charge in [0, 0.05) is 22.2 Å². The highest BCUT2D eigenvalue weighted by Gasteiger charge is 2.18. The highest BCUT2D eigenvalue weighted by atomic mass is 35.5. The van der Waals surface area contributed by atoms with Gasteiger partial charge >= 0.3 is 0 Å². The van der Waals surface area contributed by atoms with E-state index in [2.05, 4.69) is 17.2 Å². The van der Waals surface area contributed by atoms with Gasteiger partial charge in [-0.2, -0.15) is 0 Å². The fourth-order valence-electron chi connectivity index (χ4n) is 1.76. The maximum absolute atomic E-state index is 11.0. The Morgan fingerprint density at radius 1 is 1.55 bits per heavy atom. The van der Waals surface area contributed by atoms with Crippen molar-refractivity contribution >= 4 is 34.3 Å². The fraction of sp³-hybridized carbons (Fsp3) is 0.308. The number of rotatable bonds is 5. The van der Waals surface area contributed by atoms with Crippen LogP contribution in [-0.4, -0.2) is 9.91 Å². The second-order valence-electron chi connectivity index (χ2n) is 4.30. The van der Waals surface area contributed by atoms with Crippen molar-refractivity contribution in [3.05, 3.63) is 49.4 Å². The molecule has 0 spiro atoms. The molecule has 1 heterocycles. The third-order valence-corrected chi connectivity index (χ3v) is 4.38. The molecule has 1 aromatic carbocycles. The van der Waals surface area contributed by atoms with Gasteiger partial charge < -0.3 is 5.32 Å². The van der Waals surface area contributed by atoms with Crippen LogP contribution in [0, 0.1) is 10.1 Å². The van der Waals surface area contributed by atoms with Gasteiger partial charge in [0.05, 0.1) is 11.0 Å². The van der Waals surface area contributed by atoms with E-state index in [-0.39, 0.29) is 11.7 Å². The molecule has 1 aromatic heterocycles. The average molecular weight is 312 g/mol. The zero-order valence-corrected chi connectivity index (χ0v) is 12.7. The first-order chi connectivity index (χ1) is 9.51. The van der Waals surface area contributed by atoms with Gasteiger partial charge in [0.1, 0.15) is 10.7 Å². The molecule has 2 rings (SSSR count). The third-order valence-electron chi connectivity index (χ3n) is 2.82. The molecule has 0 bridgehead atoms. The zero-order chi connectivity index (χ0) is 14.7. The van der Waals surface area contributed by atoms with Crippen molar-refractivity contribution in [1.82, 2.24) is 4.98 Å². The molecular weight excluding hydrogens is 298 g/mol. The van der Waals surface area contributed by atoms with E-state index in [1.807, 2.05) is 13.1 Å². The summed E-state index contributed by atoms with van der Waals surface area (Å²) in [6, 6.07) is 4.35. The Bertz CT molecular complexity index is 630. The number of nitro groups is 1. The van der Waals surface area contributed by atoms with Crippen molar-refractivity contribution in [2.24, 2.45) is 0 Å². The van der Waals surface area contributed by atoms with E-state index in [1.165, 1.54) is 17.0 Å². The Labute approximate surface area is 125 Å². The summed E-state index contributed by atoms with van der Waals surface area (Å²) in [6.07, 6.45) is 2.77. The Morgan fingerprint density at radius 3 is 2.90 bits per heavy atom. The van der Waals surface area contributed by atoms with E-state index < -0.39 is 4.92 Å². The number of nitro benzene ring substituents is 1. The highest BCUT2D eigenvalue weighted by Crippen LogP contribution is 2.31. The van der Waals surface area contributed by atoms with Gasteiger partial charge in [0.2, 0.25) is 0 Å². The molecule has 20 heavy (non-hydrogen) atoms. The molecule has 0 saturated carbocycles. The number of benzene rings is 1. The minimum atomic E-state index is -0.426. The summed E-state index contributed by atoms with van der Waals surface area (Å²) in [5.41, 5.74) is 0.414. The molecule has 106 valence electrons. The first-order valence-corrected chi connectivity index (χ1v) is 7.35. The van der Waals surface area contributed by atoms with Gasteiger partial charge in [-0.1, -0.05) is 18.5 Å². The van der Waals surface area contributed by atoms with Crippen LogP contribution in [-0.2, 0) is 6.42 Å². The molecule has 1 atom stereocenters. The monoisotopic (exact) mass is 311 g/mol. The van der Waals surface area contributed by atoms with Crippen LogP contribution in [0.2, 0.25) is 5.02 Å². The molecule has 0 aliphatic heterocycles. The minimum Gasteiger partial charge on any atom is -0.370 e. The number of nitrogens with zero attached hydrogens (tertiary/aromatic N) is 2. The van der Waals surface area contributed by atoms with E-state index in [0.717, 1.165) is 11.4 Å². The maximum Gasteiger partial charge on any atom is 0.292 e. The van der Waals surface area contributed by atoms with Crippen molar-refractivity contribution in [2.75, 3.05) is 5.32 Å². The van der Waals surface area contributed by atoms with E-state index in [1.54, 1.807) is 17.4 Å². The number of hydrogen-bond acceptors (Lipinski definition) is 5. The highest BCUT2D eigenvalue weighted by molar-refractivity contribution is 7.11. The number of nitrogens with one attached hydrogen (secondary N) is 1. The lowest BCUT2D eigenvalue weighted by molar-refractivity contribution is -0.384. The summed E-state index contributed by atoms with van der Waals surface area (Å²) in [5.74, 6) is 0. The van der Waals surface area contributed by atoms with Crippen LogP contribution in [0.1, 0.15) is 29.8 Å². The molecule has 1 N–H and O–H groups in total. The van der Waals surface area contributed by atoms with Crippen molar-refractivity contribution in [1.29, 1.82) is 0 Å². The predicted molar refractivity (Wildman–Crippen MR) is 81.6 cm³/mol. The Hall–Kier alpha value is -1.66. The van der Waals surface area contributed by atoms with Gasteiger partial charge in [-0.25, -0.2) is 4.98 Å². The summed E-state index contributed by atoms with van der Waals surface area (Å²) in [4.78, 5) is 16.1. The van der Waals surface area contributed by atoms with E-state index >= 15 is 0 Å². The summed E-state index contributed by atoms with van der Waals surface area (Å²) in [5, 5.41) is 15.5. The van der Waals surface area contributed by atoms with Crippen LogP contribution in [0.4, 0.5) is 11.4 Å². The summed E-state index contributed by atoms with van der Waals surface area (Å²) < 4.78 is 0. The van der Waals surface area contributed by atoms with Gasteiger partial charge in [-0.15, -0.1) is 11.3 Å². The molecule has 0 aliphatic carbocycles. The van der Waals surface area contributed by atoms with Crippen molar-refractivity contribution < 1.29 is 4.92 Å². The number of aryl methyl sites for hydroxylation is 1. The molecule has 2 aromatic rings. The third kappa shape index (κ3) is 3.26. The Kier molecular flexibility index (Phi) is 4.57. The molecular formula is C13H14ClN3O2S. The number of halogens is 1. The van der Waals surface area contributed by atoms with Crippen molar-refractivity contribution in [2.45, 2.75) is 26.3 Å². The molecule has 5 nitrogen and oxygen atoms in total. The lowest BCUT2D eigenvalue weighted by Gasteiger charge is -2.13. The topological polar surface area (TPSA) is 68.1 Å². The summed E-state index contributed by atoms with van der Waals surface area (Å²) >= 11 is 7.50. The Morgan fingerprint density at radius 2 is 2.30 bits per heavy atom. The van der Waals surface area contributed by atoms with Crippen LogP contribution in [0.25, 0.3) is 0 Å². The lowest BCUT2D eigenvalue weighted by Crippen LogP contribution is -2.08. The minimum absolute atomic E-state index is 0.00789. The number of hydrogen-bond donors (Lipinski definition) is 1. The molecule has 7 heteroatoms. The quantitative estimate of drug-likeness (QED) is 0.654. The number of anilines is 1. The van der Waals surface area contributed by atoms with Gasteiger partial charge in [-0.05, 0) is 25.5 Å². The first-order valence-electron chi connectivity index (χ1n) is 6.16. The molecule has 0 saturated heterocycles. The number of thiazole rings is 1. The van der Waals surface area contributed by atoms with E-state index in [0.29, 0.717) is 10.7 Å².